The fraction of sp³-hybridized carbons (Fsp3) is 0.464. The van der Waals surface area contributed by atoms with Crippen LogP contribution in [0.25, 0.3) is 22.4 Å². The Kier molecular flexibility index (Phi) is 6.36. The van der Waals surface area contributed by atoms with E-state index in [1.54, 1.807) is 4.90 Å². The quantitative estimate of drug-likeness (QED) is 0.549. The van der Waals surface area contributed by atoms with Crippen LogP contribution in [0.2, 0.25) is 0 Å². The van der Waals surface area contributed by atoms with Crippen molar-refractivity contribution >= 4 is 28.7 Å². The number of fused-ring (bicyclic) bond motifs is 1. The first kappa shape index (κ1) is 24.2. The second-order valence-electron chi connectivity index (χ2n) is 10.7. The number of hydrogen-bond acceptors (Lipinski definition) is 5. The van der Waals surface area contributed by atoms with Gasteiger partial charge in [-0.25, -0.2) is 9.78 Å². The molecule has 3 aromatic rings. The molecule has 1 aromatic heterocycles. The minimum absolute atomic E-state index is 0.0338. The smallest absolute Gasteiger partial charge is 0.410 e. The molecular weight excluding hydrogens is 454 g/mol. The molecule has 0 N–H and O–H groups in total. The lowest BCUT2D eigenvalue weighted by Gasteiger charge is -2.38. The molecule has 8 nitrogen and oxygen atoms in total. The lowest BCUT2D eigenvalue weighted by molar-refractivity contribution is -0.136. The van der Waals surface area contributed by atoms with Gasteiger partial charge in [-0.1, -0.05) is 24.3 Å². The molecule has 2 fully saturated rings. The summed E-state index contributed by atoms with van der Waals surface area (Å²) >= 11 is 0. The van der Waals surface area contributed by atoms with Crippen LogP contribution in [0, 0.1) is 0 Å². The molecule has 5 rings (SSSR count). The van der Waals surface area contributed by atoms with Gasteiger partial charge in [-0.15, -0.1) is 0 Å². The van der Waals surface area contributed by atoms with Crippen LogP contribution < -0.4 is 4.90 Å². The van der Waals surface area contributed by atoms with Gasteiger partial charge in [0.15, 0.2) is 0 Å². The zero-order chi connectivity index (χ0) is 25.4. The average Bonchev–Trinajstić information content (AvgIpc) is 3.48. The Balaban J connectivity index is 1.25. The molecular formula is C28H35N5O3. The summed E-state index contributed by atoms with van der Waals surface area (Å²) in [5.41, 5.74) is 3.72. The zero-order valence-corrected chi connectivity index (χ0v) is 21.6. The maximum atomic E-state index is 13.3. The van der Waals surface area contributed by atoms with Crippen molar-refractivity contribution in [3.8, 4) is 11.4 Å². The van der Waals surface area contributed by atoms with Gasteiger partial charge in [0.1, 0.15) is 17.5 Å². The van der Waals surface area contributed by atoms with E-state index in [2.05, 4.69) is 39.8 Å². The van der Waals surface area contributed by atoms with Crippen LogP contribution in [0.5, 0.6) is 0 Å². The molecule has 8 heteroatoms. The van der Waals surface area contributed by atoms with Crippen LogP contribution >= 0.6 is 0 Å². The number of anilines is 1. The summed E-state index contributed by atoms with van der Waals surface area (Å²) in [5.74, 6) is 0.974. The molecule has 1 atom stereocenters. The number of benzene rings is 2. The van der Waals surface area contributed by atoms with E-state index in [4.69, 9.17) is 9.72 Å². The van der Waals surface area contributed by atoms with E-state index in [1.807, 2.05) is 50.9 Å². The summed E-state index contributed by atoms with van der Waals surface area (Å²) in [7, 11) is 2.05. The van der Waals surface area contributed by atoms with Gasteiger partial charge >= 0.3 is 6.09 Å². The number of aryl methyl sites for hydroxylation is 1. The van der Waals surface area contributed by atoms with Gasteiger partial charge in [-0.2, -0.15) is 0 Å². The maximum absolute atomic E-state index is 13.3. The van der Waals surface area contributed by atoms with Gasteiger partial charge in [-0.3, -0.25) is 9.69 Å². The fourth-order valence-electron chi connectivity index (χ4n) is 5.20. The molecule has 2 aromatic carbocycles. The number of imidazole rings is 1. The van der Waals surface area contributed by atoms with Crippen molar-refractivity contribution in [2.45, 2.75) is 45.3 Å². The van der Waals surface area contributed by atoms with Gasteiger partial charge < -0.3 is 19.1 Å². The van der Waals surface area contributed by atoms with Crippen LogP contribution in [0.1, 0.15) is 33.6 Å². The Bertz CT molecular complexity index is 1270. The van der Waals surface area contributed by atoms with Crippen LogP contribution in [-0.2, 0) is 16.6 Å². The second kappa shape index (κ2) is 9.48. The molecule has 2 saturated heterocycles. The van der Waals surface area contributed by atoms with E-state index in [0.29, 0.717) is 26.1 Å². The van der Waals surface area contributed by atoms with Gasteiger partial charge in [-0.05, 0) is 57.9 Å². The summed E-state index contributed by atoms with van der Waals surface area (Å²) in [5, 5.41) is 0. The van der Waals surface area contributed by atoms with Crippen molar-refractivity contribution in [2.24, 2.45) is 7.05 Å². The van der Waals surface area contributed by atoms with E-state index >= 15 is 0 Å². The van der Waals surface area contributed by atoms with Crippen LogP contribution in [0.3, 0.4) is 0 Å². The lowest BCUT2D eigenvalue weighted by Crippen LogP contribution is -2.54. The van der Waals surface area contributed by atoms with E-state index in [0.717, 1.165) is 47.6 Å². The molecule has 0 radical (unpaired) electrons. The first-order valence-electron chi connectivity index (χ1n) is 12.8. The number of nitrogens with zero attached hydrogens (tertiary/aromatic N) is 5. The van der Waals surface area contributed by atoms with Crippen molar-refractivity contribution in [2.75, 3.05) is 37.6 Å². The number of rotatable bonds is 3. The third kappa shape index (κ3) is 4.76. The Labute approximate surface area is 212 Å². The summed E-state index contributed by atoms with van der Waals surface area (Å²) in [6, 6.07) is 16.2. The number of carbonyl (C=O) groups excluding carboxylic acids is 2. The number of amides is 2. The number of piperazine rings is 1. The largest absolute Gasteiger partial charge is 0.444 e. The minimum Gasteiger partial charge on any atom is -0.444 e. The monoisotopic (exact) mass is 489 g/mol. The van der Waals surface area contributed by atoms with Crippen molar-refractivity contribution < 1.29 is 14.3 Å². The van der Waals surface area contributed by atoms with Crippen molar-refractivity contribution in [1.82, 2.24) is 19.4 Å². The molecule has 2 aliphatic rings. The highest BCUT2D eigenvalue weighted by Crippen LogP contribution is 2.28. The average molecular weight is 490 g/mol. The molecule has 3 heterocycles. The fourth-order valence-corrected chi connectivity index (χ4v) is 5.20. The van der Waals surface area contributed by atoms with Crippen LogP contribution in [-0.4, -0.2) is 75.7 Å². The van der Waals surface area contributed by atoms with E-state index in [-0.39, 0.29) is 5.91 Å². The van der Waals surface area contributed by atoms with E-state index in [9.17, 15) is 9.59 Å². The number of hydrogen-bond donors (Lipinski definition) is 0. The highest BCUT2D eigenvalue weighted by molar-refractivity contribution is 5.86. The first-order chi connectivity index (χ1) is 17.2. The topological polar surface area (TPSA) is 70.9 Å². The van der Waals surface area contributed by atoms with Crippen molar-refractivity contribution in [1.29, 1.82) is 0 Å². The summed E-state index contributed by atoms with van der Waals surface area (Å²) in [6.07, 6.45) is 1.12. The zero-order valence-electron chi connectivity index (χ0n) is 21.6. The number of likely N-dealkylation sites (tertiary alicyclic amines) is 1. The molecule has 2 amide bonds. The van der Waals surface area contributed by atoms with E-state index in [1.165, 1.54) is 0 Å². The molecule has 2 aliphatic heterocycles. The molecule has 0 spiro atoms. The van der Waals surface area contributed by atoms with Gasteiger partial charge in [0.2, 0.25) is 5.91 Å². The molecule has 0 aliphatic carbocycles. The van der Waals surface area contributed by atoms with Crippen LogP contribution in [0.4, 0.5) is 10.5 Å². The highest BCUT2D eigenvalue weighted by atomic mass is 16.6. The minimum atomic E-state index is -0.574. The summed E-state index contributed by atoms with van der Waals surface area (Å²) in [4.78, 5) is 36.6. The predicted octanol–water partition coefficient (Wildman–Crippen LogP) is 4.29. The second-order valence-corrected chi connectivity index (χ2v) is 10.7. The number of ether oxygens (including phenoxy) is 1. The van der Waals surface area contributed by atoms with Gasteiger partial charge in [0.05, 0.1) is 11.0 Å². The van der Waals surface area contributed by atoms with Crippen molar-refractivity contribution in [3.05, 3.63) is 48.5 Å². The van der Waals surface area contributed by atoms with Crippen LogP contribution in [0.15, 0.2) is 48.5 Å². The maximum Gasteiger partial charge on any atom is 0.410 e. The Morgan fingerprint density at radius 2 is 1.72 bits per heavy atom. The third-order valence-electron chi connectivity index (χ3n) is 7.01. The predicted molar refractivity (Wildman–Crippen MR) is 141 cm³/mol. The molecule has 0 bridgehead atoms. The summed E-state index contributed by atoms with van der Waals surface area (Å²) < 4.78 is 7.67. The standard InChI is InChI=1S/C28H35N5O3/c1-28(2,3)36-27(35)33-14-8-13-24(33)26(34)32-17-15-31(16-18-32)21-10-7-9-20(19-21)25-29-22-11-5-6-12-23(22)30(25)4/h5-7,9-12,19,24H,8,13-18H2,1-4H3/t24-/m1/s1. The van der Waals surface area contributed by atoms with Gasteiger partial charge in [0, 0.05) is 51.0 Å². The lowest BCUT2D eigenvalue weighted by atomic mass is 10.1. The Morgan fingerprint density at radius 1 is 0.972 bits per heavy atom. The Hall–Kier alpha value is -3.55. The molecule has 0 unspecified atom stereocenters. The first-order valence-corrected chi connectivity index (χ1v) is 12.8. The van der Waals surface area contributed by atoms with E-state index < -0.39 is 17.7 Å². The third-order valence-corrected chi connectivity index (χ3v) is 7.01. The van der Waals surface area contributed by atoms with Gasteiger partial charge in [0.25, 0.3) is 0 Å². The Morgan fingerprint density at radius 3 is 2.44 bits per heavy atom. The SMILES string of the molecule is Cn1c(-c2cccc(N3CCN(C(=O)[C@H]4CCCN4C(=O)OC(C)(C)C)CC3)c2)nc2ccccc21. The normalized spacial score (nSPS) is 18.7. The number of para-hydroxylation sites is 2. The molecule has 36 heavy (non-hydrogen) atoms. The number of aromatic nitrogens is 2. The number of carbonyl (C=O) groups is 2. The molecule has 190 valence electrons. The highest BCUT2D eigenvalue weighted by Gasteiger charge is 2.39. The molecule has 0 saturated carbocycles. The summed E-state index contributed by atoms with van der Waals surface area (Å²) in [6.45, 7) is 8.88. The van der Waals surface area contributed by atoms with Crippen molar-refractivity contribution in [3.63, 3.8) is 0 Å².